The molecule has 0 aliphatic carbocycles. The van der Waals surface area contributed by atoms with Crippen LogP contribution in [0.15, 0.2) is 18.2 Å². The molecular weight excluding hydrogens is 212 g/mol. The fraction of sp³-hybridized carbons (Fsp3) is 0.357. The van der Waals surface area contributed by atoms with E-state index < -0.39 is 0 Å². The molecule has 1 aromatic carbocycles. The van der Waals surface area contributed by atoms with Crippen LogP contribution in [0.4, 0.5) is 0 Å². The van der Waals surface area contributed by atoms with Crippen molar-refractivity contribution >= 4 is 17.2 Å². The SMILES string of the molecule is CCN1CCc2cc3cc(C=O)[nH]c3cc2C1. The molecule has 0 bridgehead atoms. The number of H-pyrrole nitrogens is 1. The third-order valence-corrected chi connectivity index (χ3v) is 3.63. The second kappa shape index (κ2) is 4.00. The van der Waals surface area contributed by atoms with Crippen molar-refractivity contribution in [1.29, 1.82) is 0 Å². The van der Waals surface area contributed by atoms with E-state index >= 15 is 0 Å². The summed E-state index contributed by atoms with van der Waals surface area (Å²) in [7, 11) is 0. The highest BCUT2D eigenvalue weighted by Crippen LogP contribution is 2.25. The van der Waals surface area contributed by atoms with E-state index in [1.807, 2.05) is 6.07 Å². The van der Waals surface area contributed by atoms with Gasteiger partial charge in [0.25, 0.3) is 0 Å². The zero-order valence-electron chi connectivity index (χ0n) is 9.99. The highest BCUT2D eigenvalue weighted by Gasteiger charge is 2.16. The summed E-state index contributed by atoms with van der Waals surface area (Å²) in [5, 5.41) is 1.15. The number of likely N-dealkylation sites (N-methyl/N-ethyl adjacent to an activating group) is 1. The standard InChI is InChI=1S/C14H16N2O/c1-2-16-4-3-10-5-11-6-13(9-17)15-14(11)7-12(10)8-16/h5-7,9,15H,2-4,8H2,1H3. The number of aromatic amines is 1. The lowest BCUT2D eigenvalue weighted by Crippen LogP contribution is -2.30. The number of nitrogens with zero attached hydrogens (tertiary/aromatic N) is 1. The number of hydrogen-bond acceptors (Lipinski definition) is 2. The van der Waals surface area contributed by atoms with E-state index in [0.29, 0.717) is 5.69 Å². The fourth-order valence-corrected chi connectivity index (χ4v) is 2.61. The van der Waals surface area contributed by atoms with Crippen LogP contribution in [0.3, 0.4) is 0 Å². The maximum atomic E-state index is 10.8. The summed E-state index contributed by atoms with van der Waals surface area (Å²) in [5.41, 5.74) is 4.56. The Morgan fingerprint density at radius 2 is 2.24 bits per heavy atom. The van der Waals surface area contributed by atoms with Gasteiger partial charge in [0.1, 0.15) is 0 Å². The summed E-state index contributed by atoms with van der Waals surface area (Å²) < 4.78 is 0. The van der Waals surface area contributed by atoms with Crippen LogP contribution in [-0.4, -0.2) is 29.3 Å². The minimum atomic E-state index is 0.662. The Bertz CT molecular complexity index is 571. The van der Waals surface area contributed by atoms with Crippen molar-refractivity contribution in [2.75, 3.05) is 13.1 Å². The quantitative estimate of drug-likeness (QED) is 0.801. The van der Waals surface area contributed by atoms with Gasteiger partial charge in [-0.3, -0.25) is 9.69 Å². The van der Waals surface area contributed by atoms with E-state index in [-0.39, 0.29) is 0 Å². The molecule has 1 aromatic heterocycles. The summed E-state index contributed by atoms with van der Waals surface area (Å²) in [6.07, 6.45) is 1.98. The molecule has 0 saturated carbocycles. The molecule has 0 atom stereocenters. The summed E-state index contributed by atoms with van der Waals surface area (Å²) in [6.45, 7) is 5.46. The van der Waals surface area contributed by atoms with E-state index in [2.05, 4.69) is 28.9 Å². The van der Waals surface area contributed by atoms with E-state index in [0.717, 1.165) is 43.2 Å². The molecule has 0 spiro atoms. The smallest absolute Gasteiger partial charge is 0.166 e. The van der Waals surface area contributed by atoms with Crippen LogP contribution in [0.25, 0.3) is 10.9 Å². The molecule has 2 aromatic rings. The van der Waals surface area contributed by atoms with Crippen LogP contribution >= 0.6 is 0 Å². The molecule has 88 valence electrons. The molecule has 0 saturated heterocycles. The normalized spacial score (nSPS) is 16.1. The first-order valence-electron chi connectivity index (χ1n) is 6.12. The van der Waals surface area contributed by atoms with Gasteiger partial charge >= 0.3 is 0 Å². The largest absolute Gasteiger partial charge is 0.352 e. The van der Waals surface area contributed by atoms with E-state index in [4.69, 9.17) is 0 Å². The lowest BCUT2D eigenvalue weighted by molar-refractivity contribution is 0.112. The molecule has 0 unspecified atom stereocenters. The van der Waals surface area contributed by atoms with Crippen molar-refractivity contribution in [1.82, 2.24) is 9.88 Å². The van der Waals surface area contributed by atoms with E-state index in [9.17, 15) is 4.79 Å². The van der Waals surface area contributed by atoms with Gasteiger partial charge in [-0.1, -0.05) is 6.92 Å². The molecule has 0 amide bonds. The summed E-state index contributed by atoms with van der Waals surface area (Å²) >= 11 is 0. The van der Waals surface area contributed by atoms with Crippen molar-refractivity contribution in [3.8, 4) is 0 Å². The first-order chi connectivity index (χ1) is 8.30. The molecular formula is C14H16N2O. The van der Waals surface area contributed by atoms with E-state index in [1.54, 1.807) is 0 Å². The van der Waals surface area contributed by atoms with Gasteiger partial charge in [0.05, 0.1) is 5.69 Å². The Morgan fingerprint density at radius 1 is 1.35 bits per heavy atom. The zero-order chi connectivity index (χ0) is 11.8. The number of benzene rings is 1. The van der Waals surface area contributed by atoms with Crippen LogP contribution in [0.5, 0.6) is 0 Å². The lowest BCUT2D eigenvalue weighted by atomic mass is 9.98. The fourth-order valence-electron chi connectivity index (χ4n) is 2.61. The number of rotatable bonds is 2. The summed E-state index contributed by atoms with van der Waals surface area (Å²) in [4.78, 5) is 16.3. The molecule has 1 N–H and O–H groups in total. The number of nitrogens with one attached hydrogen (secondary N) is 1. The van der Waals surface area contributed by atoms with Crippen LogP contribution < -0.4 is 0 Å². The maximum Gasteiger partial charge on any atom is 0.166 e. The van der Waals surface area contributed by atoms with Crippen LogP contribution in [0.2, 0.25) is 0 Å². The molecule has 1 aliphatic rings. The minimum absolute atomic E-state index is 0.662. The molecule has 17 heavy (non-hydrogen) atoms. The number of aldehydes is 1. The third-order valence-electron chi connectivity index (χ3n) is 3.63. The summed E-state index contributed by atoms with van der Waals surface area (Å²) in [5.74, 6) is 0. The van der Waals surface area contributed by atoms with Gasteiger partial charge in [0.2, 0.25) is 0 Å². The van der Waals surface area contributed by atoms with Crippen LogP contribution in [0, 0.1) is 0 Å². The van der Waals surface area contributed by atoms with Crippen molar-refractivity contribution in [3.05, 3.63) is 35.0 Å². The van der Waals surface area contributed by atoms with Gasteiger partial charge in [0.15, 0.2) is 6.29 Å². The number of aromatic nitrogens is 1. The number of hydrogen-bond donors (Lipinski definition) is 1. The number of carbonyl (C=O) groups excluding carboxylic acids is 1. The second-order valence-corrected chi connectivity index (χ2v) is 4.67. The topological polar surface area (TPSA) is 36.1 Å². The first-order valence-corrected chi connectivity index (χ1v) is 6.12. The average Bonchev–Trinajstić information content (AvgIpc) is 2.77. The Labute approximate surface area is 100 Å². The number of fused-ring (bicyclic) bond motifs is 2. The molecule has 3 heteroatoms. The monoisotopic (exact) mass is 228 g/mol. The Kier molecular flexibility index (Phi) is 2.48. The molecule has 1 aliphatic heterocycles. The molecule has 3 nitrogen and oxygen atoms in total. The van der Waals surface area contributed by atoms with Gasteiger partial charge in [-0.25, -0.2) is 0 Å². The van der Waals surface area contributed by atoms with E-state index in [1.165, 1.54) is 11.1 Å². The van der Waals surface area contributed by atoms with Gasteiger partial charge in [-0.15, -0.1) is 0 Å². The van der Waals surface area contributed by atoms with Gasteiger partial charge in [-0.05, 0) is 42.3 Å². The molecule has 0 fully saturated rings. The highest BCUT2D eigenvalue weighted by atomic mass is 16.1. The lowest BCUT2D eigenvalue weighted by Gasteiger charge is -2.27. The predicted molar refractivity (Wildman–Crippen MR) is 68.3 cm³/mol. The highest BCUT2D eigenvalue weighted by molar-refractivity contribution is 5.88. The predicted octanol–water partition coefficient (Wildman–Crippen LogP) is 2.36. The van der Waals surface area contributed by atoms with Gasteiger partial charge in [0, 0.05) is 24.0 Å². The number of carbonyl (C=O) groups is 1. The maximum absolute atomic E-state index is 10.8. The molecule has 3 rings (SSSR count). The van der Waals surface area contributed by atoms with Crippen molar-refractivity contribution in [2.45, 2.75) is 19.9 Å². The van der Waals surface area contributed by atoms with Gasteiger partial charge < -0.3 is 4.98 Å². The molecule has 0 radical (unpaired) electrons. The zero-order valence-corrected chi connectivity index (χ0v) is 9.99. The first kappa shape index (κ1) is 10.5. The third kappa shape index (κ3) is 1.76. The van der Waals surface area contributed by atoms with Crippen molar-refractivity contribution < 1.29 is 4.79 Å². The van der Waals surface area contributed by atoms with Crippen molar-refractivity contribution in [3.63, 3.8) is 0 Å². The Hall–Kier alpha value is -1.61. The summed E-state index contributed by atoms with van der Waals surface area (Å²) in [6, 6.07) is 6.34. The second-order valence-electron chi connectivity index (χ2n) is 4.67. The van der Waals surface area contributed by atoms with Crippen molar-refractivity contribution in [2.24, 2.45) is 0 Å². The van der Waals surface area contributed by atoms with Crippen LogP contribution in [0.1, 0.15) is 28.5 Å². The molecule has 2 heterocycles. The Morgan fingerprint density at radius 3 is 3.00 bits per heavy atom. The van der Waals surface area contributed by atoms with Gasteiger partial charge in [-0.2, -0.15) is 0 Å². The van der Waals surface area contributed by atoms with Crippen LogP contribution in [-0.2, 0) is 13.0 Å². The minimum Gasteiger partial charge on any atom is -0.352 e. The Balaban J connectivity index is 2.08. The average molecular weight is 228 g/mol.